The quantitative estimate of drug-likeness (QED) is 0.649. The highest BCUT2D eigenvalue weighted by molar-refractivity contribution is 9.11. The average Bonchev–Trinajstić information content (AvgIpc) is 2.46. The van der Waals surface area contributed by atoms with E-state index in [0.717, 1.165) is 8.66 Å². The molecule has 0 saturated carbocycles. The van der Waals surface area contributed by atoms with Gasteiger partial charge in [-0.05, 0) is 34.1 Å². The molecule has 1 amide bonds. The zero-order valence-electron chi connectivity index (χ0n) is 6.45. The normalized spacial score (nSPS) is 10.9. The number of primary amides is 1. The first-order valence-corrected chi connectivity index (χ1v) is 4.91. The van der Waals surface area contributed by atoms with Crippen LogP contribution in [0.4, 0.5) is 0 Å². The van der Waals surface area contributed by atoms with Crippen molar-refractivity contribution < 1.29 is 4.79 Å². The van der Waals surface area contributed by atoms with Crippen molar-refractivity contribution in [3.05, 3.63) is 26.4 Å². The highest BCUT2D eigenvalue weighted by Gasteiger charge is 2.03. The lowest BCUT2D eigenvalue weighted by molar-refractivity contribution is -0.114. The van der Waals surface area contributed by atoms with Crippen LogP contribution in [0.1, 0.15) is 4.88 Å². The van der Waals surface area contributed by atoms with Crippen LogP contribution >= 0.6 is 27.3 Å². The molecule has 66 valence electrons. The summed E-state index contributed by atoms with van der Waals surface area (Å²) in [5.41, 5.74) is 4.93. The number of halogens is 1. The minimum atomic E-state index is -0.702. The molecule has 0 spiro atoms. The summed E-state index contributed by atoms with van der Waals surface area (Å²) in [7, 11) is 0. The van der Waals surface area contributed by atoms with Crippen LogP contribution in [0, 0.1) is 11.3 Å². The van der Waals surface area contributed by atoms with Gasteiger partial charge in [0.25, 0.3) is 5.91 Å². The Morgan fingerprint density at radius 3 is 2.77 bits per heavy atom. The minimum absolute atomic E-state index is 0.0330. The second kappa shape index (κ2) is 4.21. The second-order valence-electron chi connectivity index (χ2n) is 2.18. The molecule has 0 atom stereocenters. The number of hydrogen-bond donors (Lipinski definition) is 1. The van der Waals surface area contributed by atoms with Gasteiger partial charge >= 0.3 is 0 Å². The second-order valence-corrected chi connectivity index (χ2v) is 4.67. The van der Waals surface area contributed by atoms with Crippen molar-refractivity contribution in [3.63, 3.8) is 0 Å². The molecular weight excluding hydrogens is 252 g/mol. The summed E-state index contributed by atoms with van der Waals surface area (Å²) >= 11 is 4.70. The lowest BCUT2D eigenvalue weighted by atomic mass is 10.2. The molecule has 0 aliphatic heterocycles. The van der Waals surface area contributed by atoms with Crippen LogP contribution in [-0.2, 0) is 4.79 Å². The number of carbonyl (C=O) groups is 1. The molecule has 0 bridgehead atoms. The standard InChI is InChI=1S/C8H5BrN2OS/c9-7-2-1-6(13-7)3-5(4-10)8(11)12/h1-3H,(H2,11,12)/b5-3+. The van der Waals surface area contributed by atoms with Crippen molar-refractivity contribution in [1.82, 2.24) is 0 Å². The van der Waals surface area contributed by atoms with Gasteiger partial charge in [0, 0.05) is 4.88 Å². The van der Waals surface area contributed by atoms with Gasteiger partial charge < -0.3 is 5.73 Å². The van der Waals surface area contributed by atoms with Gasteiger partial charge in [-0.3, -0.25) is 4.79 Å². The summed E-state index contributed by atoms with van der Waals surface area (Å²) in [5.74, 6) is -0.702. The molecular formula is C8H5BrN2OS. The molecule has 1 heterocycles. The van der Waals surface area contributed by atoms with E-state index in [0.29, 0.717) is 0 Å². The number of rotatable bonds is 2. The first kappa shape index (κ1) is 9.96. The zero-order valence-corrected chi connectivity index (χ0v) is 8.85. The highest BCUT2D eigenvalue weighted by Crippen LogP contribution is 2.23. The van der Waals surface area contributed by atoms with Gasteiger partial charge in [-0.1, -0.05) is 0 Å². The van der Waals surface area contributed by atoms with Crippen molar-refractivity contribution in [1.29, 1.82) is 5.26 Å². The van der Waals surface area contributed by atoms with E-state index >= 15 is 0 Å². The van der Waals surface area contributed by atoms with Gasteiger partial charge in [-0.15, -0.1) is 11.3 Å². The summed E-state index contributed by atoms with van der Waals surface area (Å²) in [6, 6.07) is 5.38. The topological polar surface area (TPSA) is 66.9 Å². The molecule has 1 aromatic rings. The lowest BCUT2D eigenvalue weighted by Gasteiger charge is -1.88. The molecule has 0 saturated heterocycles. The van der Waals surface area contributed by atoms with Gasteiger partial charge in [-0.2, -0.15) is 5.26 Å². The van der Waals surface area contributed by atoms with E-state index in [2.05, 4.69) is 15.9 Å². The average molecular weight is 257 g/mol. The SMILES string of the molecule is N#C/C(=C\c1ccc(Br)s1)C(N)=O. The van der Waals surface area contributed by atoms with Crippen LogP contribution in [0.15, 0.2) is 21.5 Å². The maximum Gasteiger partial charge on any atom is 0.259 e. The Morgan fingerprint density at radius 2 is 2.38 bits per heavy atom. The van der Waals surface area contributed by atoms with Gasteiger partial charge in [-0.25, -0.2) is 0 Å². The Labute approximate surface area is 87.6 Å². The summed E-state index contributed by atoms with van der Waals surface area (Å²) < 4.78 is 0.945. The van der Waals surface area contributed by atoms with Crippen molar-refractivity contribution in [3.8, 4) is 6.07 Å². The molecule has 0 aliphatic carbocycles. The molecule has 1 rings (SSSR count). The molecule has 0 aliphatic rings. The summed E-state index contributed by atoms with van der Waals surface area (Å²) in [4.78, 5) is 11.5. The van der Waals surface area contributed by atoms with E-state index in [1.54, 1.807) is 12.1 Å². The molecule has 2 N–H and O–H groups in total. The van der Waals surface area contributed by atoms with E-state index in [1.807, 2.05) is 6.07 Å². The Balaban J connectivity index is 3.00. The molecule has 5 heteroatoms. The Hall–Kier alpha value is -1.12. The monoisotopic (exact) mass is 256 g/mol. The molecule has 13 heavy (non-hydrogen) atoms. The Bertz CT molecular complexity index is 403. The first-order chi connectivity index (χ1) is 6.13. The summed E-state index contributed by atoms with van der Waals surface area (Å²) in [6.07, 6.45) is 1.47. The predicted molar refractivity (Wildman–Crippen MR) is 54.8 cm³/mol. The summed E-state index contributed by atoms with van der Waals surface area (Å²) in [5, 5.41) is 8.54. The molecule has 0 aromatic carbocycles. The number of nitrogens with two attached hydrogens (primary N) is 1. The third kappa shape index (κ3) is 2.68. The molecule has 0 radical (unpaired) electrons. The van der Waals surface area contributed by atoms with Crippen LogP contribution in [0.5, 0.6) is 0 Å². The Kier molecular flexibility index (Phi) is 3.23. The van der Waals surface area contributed by atoms with Gasteiger partial charge in [0.15, 0.2) is 0 Å². The van der Waals surface area contributed by atoms with Crippen LogP contribution in [0.2, 0.25) is 0 Å². The fourth-order valence-corrected chi connectivity index (χ4v) is 2.07. The summed E-state index contributed by atoms with van der Waals surface area (Å²) in [6.45, 7) is 0. The van der Waals surface area contributed by atoms with E-state index in [9.17, 15) is 4.79 Å². The minimum Gasteiger partial charge on any atom is -0.365 e. The maximum atomic E-state index is 10.7. The van der Waals surface area contributed by atoms with Crippen molar-refractivity contribution in [2.75, 3.05) is 0 Å². The number of carbonyl (C=O) groups excluding carboxylic acids is 1. The van der Waals surface area contributed by atoms with E-state index < -0.39 is 5.91 Å². The Morgan fingerprint density at radius 1 is 1.69 bits per heavy atom. The number of amides is 1. The first-order valence-electron chi connectivity index (χ1n) is 3.30. The van der Waals surface area contributed by atoms with Gasteiger partial charge in [0.05, 0.1) is 3.79 Å². The zero-order chi connectivity index (χ0) is 9.84. The van der Waals surface area contributed by atoms with E-state index in [-0.39, 0.29) is 5.57 Å². The van der Waals surface area contributed by atoms with Crippen molar-refractivity contribution in [2.45, 2.75) is 0 Å². The van der Waals surface area contributed by atoms with Gasteiger partial charge in [0.2, 0.25) is 0 Å². The third-order valence-electron chi connectivity index (χ3n) is 1.27. The molecule has 1 aromatic heterocycles. The fraction of sp³-hybridized carbons (Fsp3) is 0. The van der Waals surface area contributed by atoms with Crippen molar-refractivity contribution in [2.24, 2.45) is 5.73 Å². The third-order valence-corrected chi connectivity index (χ3v) is 2.84. The maximum absolute atomic E-state index is 10.7. The van der Waals surface area contributed by atoms with E-state index in [4.69, 9.17) is 11.0 Å². The molecule has 0 unspecified atom stereocenters. The largest absolute Gasteiger partial charge is 0.365 e. The molecule has 0 fully saturated rings. The number of thiophene rings is 1. The number of nitrogens with zero attached hydrogens (tertiary/aromatic N) is 1. The van der Waals surface area contributed by atoms with E-state index in [1.165, 1.54) is 17.4 Å². The predicted octanol–water partition coefficient (Wildman–Crippen LogP) is 1.90. The van der Waals surface area contributed by atoms with Crippen LogP contribution in [0.25, 0.3) is 6.08 Å². The smallest absolute Gasteiger partial charge is 0.259 e. The lowest BCUT2D eigenvalue weighted by Crippen LogP contribution is -2.12. The van der Waals surface area contributed by atoms with Crippen LogP contribution in [0.3, 0.4) is 0 Å². The fourth-order valence-electron chi connectivity index (χ4n) is 0.707. The number of nitriles is 1. The van der Waals surface area contributed by atoms with Gasteiger partial charge in [0.1, 0.15) is 11.6 Å². The van der Waals surface area contributed by atoms with Crippen molar-refractivity contribution >= 4 is 39.2 Å². The number of hydrogen-bond acceptors (Lipinski definition) is 3. The van der Waals surface area contributed by atoms with Crippen LogP contribution < -0.4 is 5.73 Å². The van der Waals surface area contributed by atoms with Crippen LogP contribution in [-0.4, -0.2) is 5.91 Å². The molecule has 3 nitrogen and oxygen atoms in total. The highest BCUT2D eigenvalue weighted by atomic mass is 79.9.